The lowest BCUT2D eigenvalue weighted by Crippen LogP contribution is -2.45. The molecule has 0 saturated heterocycles. The van der Waals surface area contributed by atoms with Crippen LogP contribution >= 0.6 is 0 Å². The summed E-state index contributed by atoms with van der Waals surface area (Å²) < 4.78 is 11.0. The summed E-state index contributed by atoms with van der Waals surface area (Å²) in [6.07, 6.45) is 2.07. The first kappa shape index (κ1) is 19.5. The predicted molar refractivity (Wildman–Crippen MR) is 95.8 cm³/mol. The van der Waals surface area contributed by atoms with E-state index in [-0.39, 0.29) is 5.60 Å². The zero-order chi connectivity index (χ0) is 17.0. The van der Waals surface area contributed by atoms with Crippen molar-refractivity contribution in [2.24, 2.45) is 4.99 Å². The van der Waals surface area contributed by atoms with E-state index in [1.54, 1.807) is 14.2 Å². The van der Waals surface area contributed by atoms with Crippen molar-refractivity contribution in [3.63, 3.8) is 0 Å². The van der Waals surface area contributed by atoms with Gasteiger partial charge in [-0.3, -0.25) is 4.99 Å². The Bertz CT molecular complexity index is 447. The third kappa shape index (κ3) is 9.21. The van der Waals surface area contributed by atoms with Gasteiger partial charge in [-0.2, -0.15) is 0 Å². The van der Waals surface area contributed by atoms with Crippen molar-refractivity contribution in [1.82, 2.24) is 10.6 Å². The molecule has 0 aliphatic rings. The van der Waals surface area contributed by atoms with Crippen molar-refractivity contribution in [3.05, 3.63) is 35.9 Å². The fourth-order valence-corrected chi connectivity index (χ4v) is 1.89. The van der Waals surface area contributed by atoms with Gasteiger partial charge in [0, 0.05) is 33.9 Å². The lowest BCUT2D eigenvalue weighted by Gasteiger charge is -2.24. The van der Waals surface area contributed by atoms with Crippen LogP contribution in [0.25, 0.3) is 0 Å². The zero-order valence-electron chi connectivity index (χ0n) is 14.9. The fraction of sp³-hybridized carbons (Fsp3) is 0.611. The Hall–Kier alpha value is -1.59. The molecule has 0 amide bonds. The Labute approximate surface area is 140 Å². The molecule has 0 heterocycles. The Morgan fingerprint density at radius 1 is 1.13 bits per heavy atom. The number of benzene rings is 1. The topological polar surface area (TPSA) is 54.9 Å². The van der Waals surface area contributed by atoms with E-state index >= 15 is 0 Å². The van der Waals surface area contributed by atoms with Gasteiger partial charge in [0.1, 0.15) is 0 Å². The molecular formula is C18H31N3O2. The highest BCUT2D eigenvalue weighted by molar-refractivity contribution is 5.79. The fourth-order valence-electron chi connectivity index (χ4n) is 1.89. The van der Waals surface area contributed by atoms with E-state index in [0.717, 1.165) is 32.0 Å². The molecule has 0 radical (unpaired) electrons. The third-order valence-electron chi connectivity index (χ3n) is 3.58. The summed E-state index contributed by atoms with van der Waals surface area (Å²) in [5.74, 6) is 0.806. The summed E-state index contributed by atoms with van der Waals surface area (Å²) in [7, 11) is 3.49. The molecule has 0 spiro atoms. The highest BCUT2D eigenvalue weighted by Crippen LogP contribution is 2.04. The van der Waals surface area contributed by atoms with E-state index in [1.807, 2.05) is 32.0 Å². The monoisotopic (exact) mass is 321 g/mol. The smallest absolute Gasteiger partial charge is 0.191 e. The molecule has 5 heteroatoms. The Kier molecular flexibility index (Phi) is 9.33. The van der Waals surface area contributed by atoms with Gasteiger partial charge in [-0.25, -0.2) is 0 Å². The van der Waals surface area contributed by atoms with Crippen molar-refractivity contribution in [3.8, 4) is 0 Å². The molecule has 0 atom stereocenters. The van der Waals surface area contributed by atoms with E-state index in [4.69, 9.17) is 9.47 Å². The Balaban J connectivity index is 2.04. The van der Waals surface area contributed by atoms with Gasteiger partial charge in [0.15, 0.2) is 5.96 Å². The highest BCUT2D eigenvalue weighted by atomic mass is 16.5. The number of hydrogen-bond donors (Lipinski definition) is 2. The Morgan fingerprint density at radius 2 is 1.87 bits per heavy atom. The molecule has 0 aromatic heterocycles. The lowest BCUT2D eigenvalue weighted by atomic mass is 10.1. The van der Waals surface area contributed by atoms with Gasteiger partial charge in [0.25, 0.3) is 0 Å². The molecular weight excluding hydrogens is 290 g/mol. The molecule has 130 valence electrons. The summed E-state index contributed by atoms with van der Waals surface area (Å²) in [5.41, 5.74) is 1.01. The number of hydrogen-bond acceptors (Lipinski definition) is 3. The van der Waals surface area contributed by atoms with Crippen molar-refractivity contribution < 1.29 is 9.47 Å². The van der Waals surface area contributed by atoms with Gasteiger partial charge in [0.05, 0.1) is 12.2 Å². The zero-order valence-corrected chi connectivity index (χ0v) is 14.9. The maximum absolute atomic E-state index is 5.67. The van der Waals surface area contributed by atoms with E-state index in [2.05, 4.69) is 27.8 Å². The second-order valence-corrected chi connectivity index (χ2v) is 6.06. The number of ether oxygens (including phenoxy) is 2. The summed E-state index contributed by atoms with van der Waals surface area (Å²) in [5, 5.41) is 6.57. The minimum Gasteiger partial charge on any atom is -0.377 e. The van der Waals surface area contributed by atoms with Crippen molar-refractivity contribution in [1.29, 1.82) is 0 Å². The summed E-state index contributed by atoms with van der Waals surface area (Å²) in [4.78, 5) is 4.21. The molecule has 1 aromatic rings. The lowest BCUT2D eigenvalue weighted by molar-refractivity contribution is 0.0268. The summed E-state index contributed by atoms with van der Waals surface area (Å²) in [6, 6.07) is 10.2. The van der Waals surface area contributed by atoms with Crippen LogP contribution in [0.15, 0.2) is 35.3 Å². The average molecular weight is 321 g/mol. The first-order chi connectivity index (χ1) is 11.1. The third-order valence-corrected chi connectivity index (χ3v) is 3.58. The molecule has 1 aromatic carbocycles. The number of guanidine groups is 1. The molecule has 0 unspecified atom stereocenters. The van der Waals surface area contributed by atoms with Crippen LogP contribution in [-0.4, -0.2) is 45.4 Å². The largest absolute Gasteiger partial charge is 0.377 e. The van der Waals surface area contributed by atoms with Gasteiger partial charge in [0.2, 0.25) is 0 Å². The summed E-state index contributed by atoms with van der Waals surface area (Å²) in [6.45, 7) is 7.13. The normalized spacial score (nSPS) is 12.3. The van der Waals surface area contributed by atoms with Gasteiger partial charge in [-0.05, 0) is 32.3 Å². The Morgan fingerprint density at radius 3 is 2.52 bits per heavy atom. The SMILES string of the molecule is CN=C(NCCCCOCc1ccccc1)NCC(C)(C)OC. The minimum atomic E-state index is -0.205. The van der Waals surface area contributed by atoms with Gasteiger partial charge in [-0.1, -0.05) is 30.3 Å². The number of methoxy groups -OCH3 is 1. The van der Waals surface area contributed by atoms with Crippen LogP contribution in [0.3, 0.4) is 0 Å². The van der Waals surface area contributed by atoms with Crippen LogP contribution in [0, 0.1) is 0 Å². The number of nitrogens with one attached hydrogen (secondary N) is 2. The second kappa shape index (κ2) is 11.0. The van der Waals surface area contributed by atoms with E-state index in [1.165, 1.54) is 5.56 Å². The maximum atomic E-state index is 5.67. The highest BCUT2D eigenvalue weighted by Gasteiger charge is 2.16. The summed E-state index contributed by atoms with van der Waals surface area (Å²) >= 11 is 0. The van der Waals surface area contributed by atoms with Crippen LogP contribution < -0.4 is 10.6 Å². The minimum absolute atomic E-state index is 0.205. The molecule has 5 nitrogen and oxygen atoms in total. The van der Waals surface area contributed by atoms with Crippen molar-refractivity contribution in [2.75, 3.05) is 33.9 Å². The van der Waals surface area contributed by atoms with Crippen molar-refractivity contribution in [2.45, 2.75) is 38.9 Å². The average Bonchev–Trinajstić information content (AvgIpc) is 2.57. The van der Waals surface area contributed by atoms with Crippen molar-refractivity contribution >= 4 is 5.96 Å². The van der Waals surface area contributed by atoms with Gasteiger partial charge < -0.3 is 20.1 Å². The molecule has 23 heavy (non-hydrogen) atoms. The maximum Gasteiger partial charge on any atom is 0.191 e. The molecule has 0 aliphatic heterocycles. The first-order valence-corrected chi connectivity index (χ1v) is 8.19. The first-order valence-electron chi connectivity index (χ1n) is 8.19. The van der Waals surface area contributed by atoms with Crippen LogP contribution in [0.2, 0.25) is 0 Å². The second-order valence-electron chi connectivity index (χ2n) is 6.06. The molecule has 0 fully saturated rings. The van der Waals surface area contributed by atoms with E-state index in [9.17, 15) is 0 Å². The molecule has 2 N–H and O–H groups in total. The number of nitrogens with zero attached hydrogens (tertiary/aromatic N) is 1. The number of rotatable bonds is 10. The van der Waals surface area contributed by atoms with Crippen LogP contribution in [0.5, 0.6) is 0 Å². The molecule has 0 aliphatic carbocycles. The van der Waals surface area contributed by atoms with E-state index < -0.39 is 0 Å². The van der Waals surface area contributed by atoms with Gasteiger partial charge >= 0.3 is 0 Å². The molecule has 1 rings (SSSR count). The number of unbranched alkanes of at least 4 members (excludes halogenated alkanes) is 1. The quantitative estimate of drug-likeness (QED) is 0.395. The molecule has 0 saturated carbocycles. The van der Waals surface area contributed by atoms with E-state index in [0.29, 0.717) is 13.2 Å². The molecule has 0 bridgehead atoms. The van der Waals surface area contributed by atoms with Crippen LogP contribution in [-0.2, 0) is 16.1 Å². The standard InChI is InChI=1S/C18H31N3O2/c1-18(2,22-4)15-21-17(19-3)20-12-8-9-13-23-14-16-10-6-5-7-11-16/h5-7,10-11H,8-9,12-15H2,1-4H3,(H2,19,20,21). The number of aliphatic imine (C=N–C) groups is 1. The van der Waals surface area contributed by atoms with Crippen LogP contribution in [0.1, 0.15) is 32.3 Å². The predicted octanol–water partition coefficient (Wildman–Crippen LogP) is 2.57. The van der Waals surface area contributed by atoms with Crippen LogP contribution in [0.4, 0.5) is 0 Å². The van der Waals surface area contributed by atoms with Gasteiger partial charge in [-0.15, -0.1) is 0 Å².